The van der Waals surface area contributed by atoms with Gasteiger partial charge in [-0.15, -0.1) is 0 Å². The Kier molecular flexibility index (Phi) is 3.68. The molecule has 1 rings (SSSR count). The van der Waals surface area contributed by atoms with Gasteiger partial charge in [0.25, 0.3) is 0 Å². The lowest BCUT2D eigenvalue weighted by atomic mass is 10.2. The summed E-state index contributed by atoms with van der Waals surface area (Å²) in [5.41, 5.74) is 1.53. The van der Waals surface area contributed by atoms with Gasteiger partial charge in [0.2, 0.25) is 0 Å². The predicted molar refractivity (Wildman–Crippen MR) is 59.3 cm³/mol. The molecule has 0 radical (unpaired) electrons. The highest BCUT2D eigenvalue weighted by Crippen LogP contribution is 2.15. The van der Waals surface area contributed by atoms with Crippen molar-refractivity contribution in [3.63, 3.8) is 0 Å². The van der Waals surface area contributed by atoms with E-state index in [0.717, 1.165) is 11.3 Å². The van der Waals surface area contributed by atoms with Gasteiger partial charge >= 0.3 is 0 Å². The van der Waals surface area contributed by atoms with Gasteiger partial charge in [0.15, 0.2) is 0 Å². The van der Waals surface area contributed by atoms with Gasteiger partial charge in [0.1, 0.15) is 15.7 Å². The number of anilines is 1. The Morgan fingerprint density at radius 1 is 1.40 bits per heavy atom. The van der Waals surface area contributed by atoms with Crippen LogP contribution in [0.4, 0.5) is 10.1 Å². The third-order valence-electron chi connectivity index (χ3n) is 1.98. The molecule has 0 spiro atoms. The number of hydrogen-bond donors (Lipinski definition) is 1. The molecule has 0 aliphatic heterocycles. The van der Waals surface area contributed by atoms with Crippen LogP contribution in [-0.4, -0.2) is 27.0 Å². The van der Waals surface area contributed by atoms with E-state index in [1.54, 1.807) is 13.0 Å². The number of hydrogen-bond acceptors (Lipinski definition) is 3. The molecule has 15 heavy (non-hydrogen) atoms. The number of nitrogens with one attached hydrogen (secondary N) is 1. The predicted octanol–water partition coefficient (Wildman–Crippen LogP) is 1.59. The zero-order chi connectivity index (χ0) is 11.5. The summed E-state index contributed by atoms with van der Waals surface area (Å²) >= 11 is 0. The molecule has 0 saturated heterocycles. The van der Waals surface area contributed by atoms with Crippen molar-refractivity contribution in [2.45, 2.75) is 6.92 Å². The summed E-state index contributed by atoms with van der Waals surface area (Å²) in [6, 6.07) is 4.35. The molecule has 5 heteroatoms. The number of rotatable bonds is 4. The molecule has 84 valence electrons. The Morgan fingerprint density at radius 2 is 2.07 bits per heavy atom. The first-order chi connectivity index (χ1) is 6.88. The number of halogens is 1. The number of sulfone groups is 1. The van der Waals surface area contributed by atoms with Crippen LogP contribution in [0.25, 0.3) is 0 Å². The van der Waals surface area contributed by atoms with Crippen molar-refractivity contribution in [1.29, 1.82) is 0 Å². The molecule has 1 aromatic carbocycles. The molecular weight excluding hydrogens is 217 g/mol. The van der Waals surface area contributed by atoms with Crippen molar-refractivity contribution in [2.75, 3.05) is 23.9 Å². The topological polar surface area (TPSA) is 46.2 Å². The van der Waals surface area contributed by atoms with E-state index in [2.05, 4.69) is 5.32 Å². The van der Waals surface area contributed by atoms with Crippen LogP contribution >= 0.6 is 0 Å². The van der Waals surface area contributed by atoms with E-state index in [1.165, 1.54) is 18.4 Å². The SMILES string of the molecule is Cc1cc(F)ccc1NCCS(C)(=O)=O. The fourth-order valence-electron chi connectivity index (χ4n) is 1.20. The summed E-state index contributed by atoms with van der Waals surface area (Å²) in [6.45, 7) is 2.11. The highest BCUT2D eigenvalue weighted by Gasteiger charge is 2.03. The summed E-state index contributed by atoms with van der Waals surface area (Å²) in [7, 11) is -2.95. The third-order valence-corrected chi connectivity index (χ3v) is 2.92. The Labute approximate surface area is 89.2 Å². The Balaban J connectivity index is 2.59. The standard InChI is InChI=1S/C10H14FNO2S/c1-8-7-9(11)3-4-10(8)12-5-6-15(2,13)14/h3-4,7,12H,5-6H2,1-2H3. The van der Waals surface area contributed by atoms with E-state index in [4.69, 9.17) is 0 Å². The number of aryl methyl sites for hydroxylation is 1. The highest BCUT2D eigenvalue weighted by atomic mass is 32.2. The molecule has 0 aliphatic rings. The van der Waals surface area contributed by atoms with Gasteiger partial charge in [-0.3, -0.25) is 0 Å². The van der Waals surface area contributed by atoms with E-state index in [-0.39, 0.29) is 11.6 Å². The molecule has 0 aromatic heterocycles. The maximum Gasteiger partial charge on any atom is 0.149 e. The summed E-state index contributed by atoms with van der Waals surface area (Å²) in [6.07, 6.45) is 1.19. The van der Waals surface area contributed by atoms with Crippen molar-refractivity contribution in [3.8, 4) is 0 Å². The molecule has 0 unspecified atom stereocenters. The van der Waals surface area contributed by atoms with Crippen molar-refractivity contribution in [3.05, 3.63) is 29.6 Å². The van der Waals surface area contributed by atoms with E-state index in [9.17, 15) is 12.8 Å². The third kappa shape index (κ3) is 4.29. The minimum absolute atomic E-state index is 0.0732. The molecule has 0 saturated carbocycles. The van der Waals surface area contributed by atoms with Gasteiger partial charge in [0.05, 0.1) is 5.75 Å². The van der Waals surface area contributed by atoms with E-state index >= 15 is 0 Å². The minimum atomic E-state index is -2.95. The van der Waals surface area contributed by atoms with E-state index in [0.29, 0.717) is 6.54 Å². The van der Waals surface area contributed by atoms with Crippen molar-refractivity contribution >= 4 is 15.5 Å². The van der Waals surface area contributed by atoms with Gasteiger partial charge in [-0.1, -0.05) is 0 Å². The second-order valence-electron chi connectivity index (χ2n) is 3.52. The maximum atomic E-state index is 12.7. The largest absolute Gasteiger partial charge is 0.384 e. The van der Waals surface area contributed by atoms with Gasteiger partial charge < -0.3 is 5.32 Å². The van der Waals surface area contributed by atoms with Crippen LogP contribution in [-0.2, 0) is 9.84 Å². The van der Waals surface area contributed by atoms with Crippen molar-refractivity contribution in [2.24, 2.45) is 0 Å². The van der Waals surface area contributed by atoms with Crippen LogP contribution in [0.1, 0.15) is 5.56 Å². The monoisotopic (exact) mass is 231 g/mol. The molecule has 0 amide bonds. The Hall–Kier alpha value is -1.10. The lowest BCUT2D eigenvalue weighted by molar-refractivity contribution is 0.602. The first kappa shape index (κ1) is 12.0. The normalized spacial score (nSPS) is 11.4. The molecule has 3 nitrogen and oxygen atoms in total. The number of benzene rings is 1. The zero-order valence-electron chi connectivity index (χ0n) is 8.75. The maximum absolute atomic E-state index is 12.7. The zero-order valence-corrected chi connectivity index (χ0v) is 9.57. The Bertz CT molecular complexity index is 443. The molecule has 1 aromatic rings. The van der Waals surface area contributed by atoms with Crippen LogP contribution in [0.2, 0.25) is 0 Å². The molecular formula is C10H14FNO2S. The quantitative estimate of drug-likeness (QED) is 0.856. The van der Waals surface area contributed by atoms with Crippen molar-refractivity contribution in [1.82, 2.24) is 0 Å². The molecule has 0 heterocycles. The fourth-order valence-corrected chi connectivity index (χ4v) is 1.67. The second kappa shape index (κ2) is 4.61. The van der Waals surface area contributed by atoms with Crippen LogP contribution in [0.15, 0.2) is 18.2 Å². The smallest absolute Gasteiger partial charge is 0.149 e. The second-order valence-corrected chi connectivity index (χ2v) is 5.78. The first-order valence-electron chi connectivity index (χ1n) is 4.56. The highest BCUT2D eigenvalue weighted by molar-refractivity contribution is 7.90. The summed E-state index contributed by atoms with van der Waals surface area (Å²) in [5.74, 6) is -0.217. The van der Waals surface area contributed by atoms with E-state index < -0.39 is 9.84 Å². The van der Waals surface area contributed by atoms with Crippen LogP contribution in [0.5, 0.6) is 0 Å². The molecule has 0 atom stereocenters. The average Bonchev–Trinajstić information content (AvgIpc) is 2.07. The Morgan fingerprint density at radius 3 is 2.60 bits per heavy atom. The lowest BCUT2D eigenvalue weighted by Crippen LogP contribution is -2.14. The molecule has 0 fully saturated rings. The van der Waals surface area contributed by atoms with E-state index in [1.807, 2.05) is 0 Å². The molecule has 0 bridgehead atoms. The van der Waals surface area contributed by atoms with Gasteiger partial charge in [-0.05, 0) is 30.7 Å². The fraction of sp³-hybridized carbons (Fsp3) is 0.400. The molecule has 0 aliphatic carbocycles. The van der Waals surface area contributed by atoms with Crippen LogP contribution < -0.4 is 5.32 Å². The van der Waals surface area contributed by atoms with Crippen molar-refractivity contribution < 1.29 is 12.8 Å². The van der Waals surface area contributed by atoms with Crippen LogP contribution in [0, 0.1) is 12.7 Å². The van der Waals surface area contributed by atoms with Crippen LogP contribution in [0.3, 0.4) is 0 Å². The lowest BCUT2D eigenvalue weighted by Gasteiger charge is -2.08. The summed E-state index contributed by atoms with van der Waals surface area (Å²) in [5, 5.41) is 2.95. The van der Waals surface area contributed by atoms with Gasteiger partial charge in [-0.25, -0.2) is 12.8 Å². The van der Waals surface area contributed by atoms with Gasteiger partial charge in [-0.2, -0.15) is 0 Å². The van der Waals surface area contributed by atoms with Gasteiger partial charge in [0, 0.05) is 18.5 Å². The minimum Gasteiger partial charge on any atom is -0.384 e. The summed E-state index contributed by atoms with van der Waals surface area (Å²) < 4.78 is 34.5. The first-order valence-corrected chi connectivity index (χ1v) is 6.62. The summed E-state index contributed by atoms with van der Waals surface area (Å²) in [4.78, 5) is 0. The average molecular weight is 231 g/mol. The molecule has 1 N–H and O–H groups in total.